The fourth-order valence-corrected chi connectivity index (χ4v) is 6.66. The van der Waals surface area contributed by atoms with Gasteiger partial charge in [0.2, 0.25) is 17.9 Å². The van der Waals surface area contributed by atoms with Crippen LogP contribution in [0, 0.1) is 5.41 Å². The molecule has 2 atom stereocenters. The first-order valence-corrected chi connectivity index (χ1v) is 16.5. The normalized spacial score (nSPS) is 18.5. The first kappa shape index (κ1) is 35.2. The van der Waals surface area contributed by atoms with Gasteiger partial charge in [0.25, 0.3) is 0 Å². The number of carbonyl (C=O) groups is 2. The molecule has 2 N–H and O–H groups in total. The van der Waals surface area contributed by atoms with E-state index in [-0.39, 0.29) is 29.4 Å². The summed E-state index contributed by atoms with van der Waals surface area (Å²) in [5.74, 6) is -0.715. The number of esters is 1. The van der Waals surface area contributed by atoms with E-state index < -0.39 is 36.0 Å². The van der Waals surface area contributed by atoms with Gasteiger partial charge in [0.05, 0.1) is 6.61 Å². The van der Waals surface area contributed by atoms with E-state index in [1.807, 2.05) is 4.90 Å². The van der Waals surface area contributed by atoms with Crippen molar-refractivity contribution in [2.75, 3.05) is 36.9 Å². The van der Waals surface area contributed by atoms with Crippen LogP contribution < -0.4 is 15.4 Å². The van der Waals surface area contributed by atoms with Crippen molar-refractivity contribution in [2.45, 2.75) is 70.9 Å². The Morgan fingerprint density at radius 3 is 2.38 bits per heavy atom. The number of nitrogens with two attached hydrogens (primary N) is 1. The van der Waals surface area contributed by atoms with Gasteiger partial charge in [-0.2, -0.15) is 23.1 Å². The van der Waals surface area contributed by atoms with Crippen molar-refractivity contribution in [3.05, 3.63) is 64.6 Å². The molecule has 2 saturated heterocycles. The van der Waals surface area contributed by atoms with Crippen LogP contribution in [0.25, 0.3) is 11.1 Å². The van der Waals surface area contributed by atoms with Gasteiger partial charge in [0.1, 0.15) is 17.5 Å². The number of nitrogens with zero attached hydrogens (tertiary/aromatic N) is 4. The molecule has 3 aromatic rings. The zero-order valence-electron chi connectivity index (χ0n) is 27.2. The molecule has 0 radical (unpaired) electrons. The third-order valence-electron chi connectivity index (χ3n) is 8.47. The van der Waals surface area contributed by atoms with Gasteiger partial charge in [-0.05, 0) is 75.6 Å². The number of ether oxygens (including phenoxy) is 3. The Bertz CT molecular complexity index is 1630. The second-order valence-electron chi connectivity index (χ2n) is 13.1. The summed E-state index contributed by atoms with van der Waals surface area (Å²) in [6.45, 7) is 8.38. The molecular weight excluding hydrogens is 695 g/mol. The highest BCUT2D eigenvalue weighted by atomic mass is 79.9. The van der Waals surface area contributed by atoms with E-state index in [2.05, 4.69) is 25.9 Å². The van der Waals surface area contributed by atoms with Crippen LogP contribution in [0.5, 0.6) is 5.88 Å². The minimum atomic E-state index is -4.79. The Morgan fingerprint density at radius 1 is 1.06 bits per heavy atom. The summed E-state index contributed by atoms with van der Waals surface area (Å²) in [6, 6.07) is 13.9. The maximum absolute atomic E-state index is 14.6. The average Bonchev–Trinajstić information content (AvgIpc) is 3.39. The van der Waals surface area contributed by atoms with Gasteiger partial charge in [-0.15, -0.1) is 0 Å². The number of amides is 1. The van der Waals surface area contributed by atoms with Gasteiger partial charge in [-0.25, -0.2) is 9.59 Å². The topological polar surface area (TPSA) is 120 Å². The molecule has 1 unspecified atom stereocenters. The van der Waals surface area contributed by atoms with Gasteiger partial charge in [-0.1, -0.05) is 52.3 Å². The van der Waals surface area contributed by atoms with Crippen molar-refractivity contribution in [1.82, 2.24) is 14.9 Å². The standard InChI is InChI=1S/C34H39BrF3N5O5/c1-5-46-29(44)25-19-33(20-43(25)31(45)48-32(2,3)4)13-15-42(16-14-33)26-18-27(41-30(39)40-26)47-28(34(36,37)38)23-12-11-22(35)17-24(23)21-9-7-6-8-10-21/h6-12,17-18,25,28H,5,13-16,19-20H2,1-4H3,(H2,39,40,41)/t25?,28-/m1/s1. The van der Waals surface area contributed by atoms with E-state index in [1.54, 1.807) is 64.1 Å². The highest BCUT2D eigenvalue weighted by molar-refractivity contribution is 9.10. The van der Waals surface area contributed by atoms with Crippen molar-refractivity contribution in [3.63, 3.8) is 0 Å². The number of anilines is 2. The highest BCUT2D eigenvalue weighted by Gasteiger charge is 2.51. The van der Waals surface area contributed by atoms with Crippen molar-refractivity contribution < 1.29 is 37.0 Å². The van der Waals surface area contributed by atoms with E-state index in [9.17, 15) is 22.8 Å². The molecule has 3 heterocycles. The summed E-state index contributed by atoms with van der Waals surface area (Å²) in [7, 11) is 0. The number of halogens is 4. The predicted octanol–water partition coefficient (Wildman–Crippen LogP) is 7.33. The van der Waals surface area contributed by atoms with Crippen LogP contribution in [-0.2, 0) is 14.3 Å². The summed E-state index contributed by atoms with van der Waals surface area (Å²) in [4.78, 5) is 37.6. The van der Waals surface area contributed by atoms with Crippen LogP contribution >= 0.6 is 15.9 Å². The molecule has 48 heavy (non-hydrogen) atoms. The maximum Gasteiger partial charge on any atom is 0.429 e. The second-order valence-corrected chi connectivity index (χ2v) is 14.0. The molecule has 5 rings (SSSR count). The lowest BCUT2D eigenvalue weighted by molar-refractivity contribution is -0.198. The lowest BCUT2D eigenvalue weighted by atomic mass is 9.76. The Morgan fingerprint density at radius 2 is 1.75 bits per heavy atom. The number of piperidine rings is 1. The summed E-state index contributed by atoms with van der Waals surface area (Å²) >= 11 is 3.37. The molecule has 0 saturated carbocycles. The molecule has 2 aliphatic rings. The fraction of sp³-hybridized carbons (Fsp3) is 0.471. The number of benzene rings is 2. The van der Waals surface area contributed by atoms with E-state index in [0.29, 0.717) is 60.3 Å². The van der Waals surface area contributed by atoms with Crippen LogP contribution in [0.4, 0.5) is 29.7 Å². The zero-order valence-corrected chi connectivity index (χ0v) is 28.8. The first-order chi connectivity index (χ1) is 22.6. The number of hydrogen-bond donors (Lipinski definition) is 1. The fourth-order valence-electron chi connectivity index (χ4n) is 6.30. The lowest BCUT2D eigenvalue weighted by Gasteiger charge is -2.39. The summed E-state index contributed by atoms with van der Waals surface area (Å²) in [5.41, 5.74) is 5.74. The minimum Gasteiger partial charge on any atom is -0.464 e. The lowest BCUT2D eigenvalue weighted by Crippen LogP contribution is -2.45. The first-order valence-electron chi connectivity index (χ1n) is 15.7. The smallest absolute Gasteiger partial charge is 0.429 e. The van der Waals surface area contributed by atoms with Crippen molar-refractivity contribution in [3.8, 4) is 17.0 Å². The van der Waals surface area contributed by atoms with Gasteiger partial charge in [0.15, 0.2) is 0 Å². The number of carbonyl (C=O) groups excluding carboxylic acids is 2. The van der Waals surface area contributed by atoms with Gasteiger partial charge < -0.3 is 24.8 Å². The second kappa shape index (κ2) is 13.8. The third kappa shape index (κ3) is 8.13. The number of nitrogen functional groups attached to an aromatic ring is 1. The summed E-state index contributed by atoms with van der Waals surface area (Å²) in [6.07, 6.45) is -6.15. The molecule has 1 aromatic heterocycles. The van der Waals surface area contributed by atoms with Crippen LogP contribution in [0.1, 0.15) is 58.6 Å². The zero-order chi connectivity index (χ0) is 34.9. The quantitative estimate of drug-likeness (QED) is 0.249. The average molecular weight is 735 g/mol. The van der Waals surface area contributed by atoms with Gasteiger partial charge >= 0.3 is 18.2 Å². The van der Waals surface area contributed by atoms with E-state index in [1.165, 1.54) is 23.1 Å². The van der Waals surface area contributed by atoms with Crippen LogP contribution in [0.2, 0.25) is 0 Å². The number of hydrogen-bond acceptors (Lipinski definition) is 9. The van der Waals surface area contributed by atoms with Gasteiger partial charge in [0, 0.05) is 35.7 Å². The summed E-state index contributed by atoms with van der Waals surface area (Å²) in [5, 5.41) is 0. The molecule has 14 heteroatoms. The third-order valence-corrected chi connectivity index (χ3v) is 8.96. The van der Waals surface area contributed by atoms with Gasteiger partial charge in [-0.3, -0.25) is 4.90 Å². The number of likely N-dealkylation sites (tertiary alicyclic amines) is 1. The van der Waals surface area contributed by atoms with E-state index in [0.717, 1.165) is 0 Å². The van der Waals surface area contributed by atoms with Crippen molar-refractivity contribution in [1.29, 1.82) is 0 Å². The molecule has 0 aliphatic carbocycles. The Kier molecular flexibility index (Phi) is 10.1. The molecule has 0 bridgehead atoms. The molecule has 1 amide bonds. The molecule has 2 aliphatic heterocycles. The largest absolute Gasteiger partial charge is 0.464 e. The Balaban J connectivity index is 1.36. The van der Waals surface area contributed by atoms with Crippen molar-refractivity contribution in [2.24, 2.45) is 5.41 Å². The van der Waals surface area contributed by atoms with Crippen LogP contribution in [0.15, 0.2) is 59.1 Å². The highest BCUT2D eigenvalue weighted by Crippen LogP contribution is 2.46. The van der Waals surface area contributed by atoms with Crippen LogP contribution in [-0.4, -0.2) is 71.0 Å². The molecule has 1 spiro atoms. The summed E-state index contributed by atoms with van der Waals surface area (Å²) < 4.78 is 61.0. The molecule has 258 valence electrons. The molecule has 2 fully saturated rings. The van der Waals surface area contributed by atoms with E-state index in [4.69, 9.17) is 19.9 Å². The van der Waals surface area contributed by atoms with Crippen molar-refractivity contribution >= 4 is 39.8 Å². The number of aromatic nitrogens is 2. The Labute approximate surface area is 285 Å². The maximum atomic E-state index is 14.6. The minimum absolute atomic E-state index is 0.0810. The molecule has 2 aromatic carbocycles. The predicted molar refractivity (Wildman–Crippen MR) is 177 cm³/mol. The van der Waals surface area contributed by atoms with Crippen LogP contribution in [0.3, 0.4) is 0 Å². The molecular formula is C34H39BrF3N5O5. The monoisotopic (exact) mass is 733 g/mol. The number of alkyl halides is 3. The number of rotatable bonds is 7. The van der Waals surface area contributed by atoms with E-state index >= 15 is 0 Å². The molecule has 10 nitrogen and oxygen atoms in total. The SMILES string of the molecule is CCOC(=O)C1CC2(CCN(c3cc(O[C@H](c4ccc(Br)cc4-c4ccccc4)C(F)(F)F)nc(N)n3)CC2)CN1C(=O)OC(C)(C)C. The Hall–Kier alpha value is -4.07.